The second-order valence-electron chi connectivity index (χ2n) is 4.73. The highest BCUT2D eigenvalue weighted by atomic mass is 32.1. The highest BCUT2D eigenvalue weighted by molar-refractivity contribution is 7.13. The van der Waals surface area contributed by atoms with Gasteiger partial charge in [-0.1, -0.05) is 6.07 Å². The van der Waals surface area contributed by atoms with Crippen molar-refractivity contribution in [3.8, 4) is 10.7 Å². The molecule has 0 aromatic carbocycles. The van der Waals surface area contributed by atoms with E-state index >= 15 is 0 Å². The van der Waals surface area contributed by atoms with Crippen molar-refractivity contribution >= 4 is 17.4 Å². The van der Waals surface area contributed by atoms with Crippen LogP contribution in [-0.2, 0) is 19.1 Å². The predicted octanol–water partition coefficient (Wildman–Crippen LogP) is 1.93. The number of carbonyl (C=O) groups excluding carboxylic acids is 1. The molecule has 2 aromatic rings. The molecule has 5 nitrogen and oxygen atoms in total. The Morgan fingerprint density at radius 1 is 1.36 bits per heavy atom. The number of nitrogens with zero attached hydrogens (tertiary/aromatic N) is 3. The molecule has 0 aliphatic carbocycles. The molecule has 0 unspecified atom stereocenters. The maximum atomic E-state index is 13.2. The Hall–Kier alpha value is -2.16. The van der Waals surface area contributed by atoms with Gasteiger partial charge in [0.25, 0.3) is 0 Å². The number of rotatable bonds is 1. The highest BCUT2D eigenvalue weighted by Gasteiger charge is 2.38. The largest absolute Gasteiger partial charge is 0.530 e. The molecule has 0 saturated carbocycles. The third-order valence-corrected chi connectivity index (χ3v) is 4.20. The van der Waals surface area contributed by atoms with Crippen LogP contribution in [0.1, 0.15) is 17.0 Å². The van der Waals surface area contributed by atoms with Gasteiger partial charge in [0.15, 0.2) is 11.5 Å². The van der Waals surface area contributed by atoms with Gasteiger partial charge in [0.05, 0.1) is 17.1 Å². The normalized spacial score (nSPS) is 14.8. The van der Waals surface area contributed by atoms with Crippen molar-refractivity contribution in [1.29, 1.82) is 0 Å². The number of hydrogen-bond donors (Lipinski definition) is 0. The molecular formula is C13H9F3N3O2S-. The first-order chi connectivity index (χ1) is 10.4. The SMILES string of the molecule is O=C([O-])N1CCc2c(nc(-c3cccs3)nc2C(F)(F)F)C1. The molecule has 3 heterocycles. The van der Waals surface area contributed by atoms with E-state index in [9.17, 15) is 23.1 Å². The number of thiophene rings is 1. The first kappa shape index (κ1) is 14.8. The van der Waals surface area contributed by atoms with Gasteiger partial charge in [-0.2, -0.15) is 13.2 Å². The van der Waals surface area contributed by atoms with Crippen LogP contribution in [0.15, 0.2) is 17.5 Å². The highest BCUT2D eigenvalue weighted by Crippen LogP contribution is 2.35. The molecule has 0 fully saturated rings. The number of alkyl halides is 3. The minimum atomic E-state index is -4.61. The van der Waals surface area contributed by atoms with Gasteiger partial charge in [0, 0.05) is 12.1 Å². The average Bonchev–Trinajstić information content (AvgIpc) is 2.98. The van der Waals surface area contributed by atoms with Crippen LogP contribution in [0.3, 0.4) is 0 Å². The van der Waals surface area contributed by atoms with Gasteiger partial charge in [0.2, 0.25) is 0 Å². The van der Waals surface area contributed by atoms with Crippen molar-refractivity contribution in [1.82, 2.24) is 14.9 Å². The molecular weight excluding hydrogens is 319 g/mol. The van der Waals surface area contributed by atoms with E-state index in [0.29, 0.717) is 4.88 Å². The molecule has 1 aliphatic rings. The van der Waals surface area contributed by atoms with E-state index in [-0.39, 0.29) is 36.6 Å². The van der Waals surface area contributed by atoms with Gasteiger partial charge in [-0.25, -0.2) is 9.97 Å². The monoisotopic (exact) mass is 328 g/mol. The van der Waals surface area contributed by atoms with Crippen LogP contribution < -0.4 is 5.11 Å². The maximum Gasteiger partial charge on any atom is 0.433 e. The van der Waals surface area contributed by atoms with E-state index in [1.165, 1.54) is 11.3 Å². The van der Waals surface area contributed by atoms with E-state index in [4.69, 9.17) is 0 Å². The topological polar surface area (TPSA) is 69.2 Å². The van der Waals surface area contributed by atoms with Crippen LogP contribution in [0.25, 0.3) is 10.7 Å². The van der Waals surface area contributed by atoms with Crippen molar-refractivity contribution in [2.75, 3.05) is 6.54 Å². The second kappa shape index (κ2) is 5.24. The third kappa shape index (κ3) is 2.63. The summed E-state index contributed by atoms with van der Waals surface area (Å²) in [6.45, 7) is -0.276. The maximum absolute atomic E-state index is 13.2. The van der Waals surface area contributed by atoms with E-state index in [1.807, 2.05) is 0 Å². The lowest BCUT2D eigenvalue weighted by Gasteiger charge is -2.31. The Morgan fingerprint density at radius 2 is 2.14 bits per heavy atom. The third-order valence-electron chi connectivity index (χ3n) is 3.33. The Bertz CT molecular complexity index is 716. The van der Waals surface area contributed by atoms with E-state index in [0.717, 1.165) is 4.90 Å². The zero-order valence-electron chi connectivity index (χ0n) is 11.1. The fraction of sp³-hybridized carbons (Fsp3) is 0.308. The van der Waals surface area contributed by atoms with Gasteiger partial charge < -0.3 is 14.8 Å². The smallest absolute Gasteiger partial charge is 0.433 e. The minimum absolute atomic E-state index is 0.0368. The molecule has 22 heavy (non-hydrogen) atoms. The fourth-order valence-corrected chi connectivity index (χ4v) is 2.99. The summed E-state index contributed by atoms with van der Waals surface area (Å²) in [5.41, 5.74) is -0.939. The predicted molar refractivity (Wildman–Crippen MR) is 69.9 cm³/mol. The Kier molecular flexibility index (Phi) is 3.51. The Labute approximate surface area is 127 Å². The number of hydrogen-bond acceptors (Lipinski definition) is 5. The fourth-order valence-electron chi connectivity index (χ4n) is 2.34. The molecule has 3 rings (SSSR count). The molecule has 0 radical (unpaired) electrons. The van der Waals surface area contributed by atoms with Crippen LogP contribution >= 0.6 is 11.3 Å². The lowest BCUT2D eigenvalue weighted by Crippen LogP contribution is -2.44. The number of halogens is 3. The minimum Gasteiger partial charge on any atom is -0.530 e. The number of amides is 1. The quantitative estimate of drug-likeness (QED) is 0.802. The number of carbonyl (C=O) groups is 1. The van der Waals surface area contributed by atoms with Gasteiger partial charge >= 0.3 is 6.18 Å². The zero-order chi connectivity index (χ0) is 15.9. The van der Waals surface area contributed by atoms with Crippen LogP contribution in [0.2, 0.25) is 0 Å². The van der Waals surface area contributed by atoms with Crippen molar-refractivity contribution in [3.63, 3.8) is 0 Å². The first-order valence-corrected chi connectivity index (χ1v) is 7.21. The molecule has 1 aliphatic heterocycles. The Balaban J connectivity index is 2.14. The van der Waals surface area contributed by atoms with E-state index in [1.54, 1.807) is 17.5 Å². The second-order valence-corrected chi connectivity index (χ2v) is 5.68. The summed E-state index contributed by atoms with van der Waals surface area (Å²) >= 11 is 1.22. The summed E-state index contributed by atoms with van der Waals surface area (Å²) in [7, 11) is 0. The van der Waals surface area contributed by atoms with Crippen molar-refractivity contribution in [3.05, 3.63) is 34.5 Å². The van der Waals surface area contributed by atoms with Crippen molar-refractivity contribution in [2.45, 2.75) is 19.1 Å². The Morgan fingerprint density at radius 3 is 2.73 bits per heavy atom. The molecule has 2 aromatic heterocycles. The lowest BCUT2D eigenvalue weighted by molar-refractivity contribution is -0.266. The summed E-state index contributed by atoms with van der Waals surface area (Å²) in [5.74, 6) is -0.0405. The number of carboxylic acid groups (broad SMARTS) is 1. The van der Waals surface area contributed by atoms with Gasteiger partial charge in [-0.15, -0.1) is 11.3 Å². The zero-order valence-corrected chi connectivity index (χ0v) is 11.9. The summed E-state index contributed by atoms with van der Waals surface area (Å²) in [6.07, 6.45) is -6.11. The molecule has 0 bridgehead atoms. The standard InChI is InChI=1S/C13H10F3N3O2S/c14-13(15,16)10-7-3-4-19(12(20)21)6-8(7)17-11(18-10)9-2-1-5-22-9/h1-2,5H,3-4,6H2,(H,20,21)/p-1. The lowest BCUT2D eigenvalue weighted by atomic mass is 10.0. The molecule has 9 heteroatoms. The molecule has 0 atom stereocenters. The van der Waals surface area contributed by atoms with Gasteiger partial charge in [-0.3, -0.25) is 0 Å². The number of aromatic nitrogens is 2. The van der Waals surface area contributed by atoms with Crippen LogP contribution in [-0.4, -0.2) is 27.5 Å². The number of fused-ring (bicyclic) bond motifs is 1. The summed E-state index contributed by atoms with van der Waals surface area (Å²) in [5, 5.41) is 12.6. The van der Waals surface area contributed by atoms with Crippen molar-refractivity contribution in [2.24, 2.45) is 0 Å². The summed E-state index contributed by atoms with van der Waals surface area (Å²) in [4.78, 5) is 20.1. The summed E-state index contributed by atoms with van der Waals surface area (Å²) < 4.78 is 39.7. The van der Waals surface area contributed by atoms with E-state index in [2.05, 4.69) is 9.97 Å². The molecule has 0 saturated heterocycles. The summed E-state index contributed by atoms with van der Waals surface area (Å²) in [6, 6.07) is 3.30. The van der Waals surface area contributed by atoms with Crippen LogP contribution in [0, 0.1) is 0 Å². The molecule has 0 spiro atoms. The molecule has 0 N–H and O–H groups in total. The van der Waals surface area contributed by atoms with E-state index < -0.39 is 18.0 Å². The van der Waals surface area contributed by atoms with Gasteiger partial charge in [0.1, 0.15) is 6.09 Å². The van der Waals surface area contributed by atoms with Crippen molar-refractivity contribution < 1.29 is 23.1 Å². The van der Waals surface area contributed by atoms with Crippen LogP contribution in [0.4, 0.5) is 18.0 Å². The molecule has 1 amide bonds. The average molecular weight is 328 g/mol. The van der Waals surface area contributed by atoms with Crippen LogP contribution in [0.5, 0.6) is 0 Å². The molecule has 116 valence electrons. The first-order valence-electron chi connectivity index (χ1n) is 6.33. The van der Waals surface area contributed by atoms with Gasteiger partial charge in [-0.05, 0) is 17.9 Å².